The third-order valence-corrected chi connectivity index (χ3v) is 1.97. The largest absolute Gasteiger partial charge is 0.292 e. The number of rotatable bonds is 4. The minimum Gasteiger partial charge on any atom is -0.292 e. The molecule has 0 aliphatic heterocycles. The molecule has 70 valence electrons. The maximum atomic E-state index is 11.2. The Bertz CT molecular complexity index is 277. The third-order valence-electron chi connectivity index (χ3n) is 1.97. The number of aromatic nitrogens is 1. The van der Waals surface area contributed by atoms with Crippen LogP contribution in [0.2, 0.25) is 0 Å². The second-order valence-corrected chi connectivity index (χ2v) is 3.08. The summed E-state index contributed by atoms with van der Waals surface area (Å²) < 4.78 is 0. The standard InChI is InChI=1S/C11H15NO/c1-3-5-9-6-7-10(12-8-9)11(13)4-2/h6-8H,3-5H2,1-2H3. The number of pyridine rings is 1. The fraction of sp³-hybridized carbons (Fsp3) is 0.455. The summed E-state index contributed by atoms with van der Waals surface area (Å²) in [5, 5.41) is 0. The van der Waals surface area contributed by atoms with Crippen LogP contribution < -0.4 is 0 Å². The predicted octanol–water partition coefficient (Wildman–Crippen LogP) is 2.63. The predicted molar refractivity (Wildman–Crippen MR) is 52.9 cm³/mol. The molecule has 2 heteroatoms. The first-order valence-electron chi connectivity index (χ1n) is 4.76. The van der Waals surface area contributed by atoms with Gasteiger partial charge in [-0.15, -0.1) is 0 Å². The van der Waals surface area contributed by atoms with E-state index >= 15 is 0 Å². The Morgan fingerprint density at radius 2 is 2.15 bits per heavy atom. The topological polar surface area (TPSA) is 30.0 Å². The molecule has 0 aromatic carbocycles. The van der Waals surface area contributed by atoms with E-state index in [9.17, 15) is 4.79 Å². The van der Waals surface area contributed by atoms with E-state index in [1.54, 1.807) is 6.20 Å². The van der Waals surface area contributed by atoms with Crippen molar-refractivity contribution in [2.24, 2.45) is 0 Å². The summed E-state index contributed by atoms with van der Waals surface area (Å²) in [6.45, 7) is 3.98. The van der Waals surface area contributed by atoms with Crippen LogP contribution in [0.25, 0.3) is 0 Å². The summed E-state index contributed by atoms with van der Waals surface area (Å²) in [6.07, 6.45) is 4.48. The zero-order chi connectivity index (χ0) is 9.68. The van der Waals surface area contributed by atoms with Crippen LogP contribution >= 0.6 is 0 Å². The Kier molecular flexibility index (Phi) is 3.62. The molecule has 0 unspecified atom stereocenters. The smallest absolute Gasteiger partial charge is 0.180 e. The maximum absolute atomic E-state index is 11.2. The molecule has 0 spiro atoms. The molecular formula is C11H15NO. The van der Waals surface area contributed by atoms with Crippen molar-refractivity contribution < 1.29 is 4.79 Å². The fourth-order valence-electron chi connectivity index (χ4n) is 1.21. The van der Waals surface area contributed by atoms with E-state index < -0.39 is 0 Å². The molecule has 0 radical (unpaired) electrons. The van der Waals surface area contributed by atoms with Gasteiger partial charge >= 0.3 is 0 Å². The minimum atomic E-state index is 0.114. The summed E-state index contributed by atoms with van der Waals surface area (Å²) in [7, 11) is 0. The Morgan fingerprint density at radius 3 is 2.62 bits per heavy atom. The van der Waals surface area contributed by atoms with Gasteiger partial charge in [0.25, 0.3) is 0 Å². The molecule has 1 aromatic rings. The average Bonchev–Trinajstić information content (AvgIpc) is 2.18. The van der Waals surface area contributed by atoms with Gasteiger partial charge in [0.05, 0.1) is 0 Å². The molecule has 1 rings (SSSR count). The Balaban J connectivity index is 2.75. The molecule has 1 aromatic heterocycles. The number of Topliss-reactive ketones (excluding diaryl/α,β-unsaturated/α-hetero) is 1. The molecule has 13 heavy (non-hydrogen) atoms. The second-order valence-electron chi connectivity index (χ2n) is 3.08. The van der Waals surface area contributed by atoms with Gasteiger partial charge in [0, 0.05) is 12.6 Å². The molecule has 0 atom stereocenters. The van der Waals surface area contributed by atoms with E-state index in [0.29, 0.717) is 12.1 Å². The van der Waals surface area contributed by atoms with Crippen molar-refractivity contribution in [2.45, 2.75) is 33.1 Å². The summed E-state index contributed by atoms with van der Waals surface area (Å²) >= 11 is 0. The highest BCUT2D eigenvalue weighted by Gasteiger charge is 2.03. The minimum absolute atomic E-state index is 0.114. The SMILES string of the molecule is CCCc1ccc(C(=O)CC)nc1. The van der Waals surface area contributed by atoms with Crippen LogP contribution in [0.4, 0.5) is 0 Å². The molecule has 2 nitrogen and oxygen atoms in total. The van der Waals surface area contributed by atoms with Gasteiger partial charge in [0.15, 0.2) is 5.78 Å². The number of carbonyl (C=O) groups excluding carboxylic acids is 1. The first kappa shape index (κ1) is 9.90. The van der Waals surface area contributed by atoms with Crippen molar-refractivity contribution in [3.63, 3.8) is 0 Å². The normalized spacial score (nSPS) is 10.0. The molecule has 0 fully saturated rings. The lowest BCUT2D eigenvalue weighted by atomic mass is 10.1. The lowest BCUT2D eigenvalue weighted by Crippen LogP contribution is -2.00. The highest BCUT2D eigenvalue weighted by molar-refractivity contribution is 5.93. The summed E-state index contributed by atoms with van der Waals surface area (Å²) in [5.41, 5.74) is 1.79. The Labute approximate surface area is 79.0 Å². The van der Waals surface area contributed by atoms with E-state index in [0.717, 1.165) is 12.8 Å². The highest BCUT2D eigenvalue weighted by Crippen LogP contribution is 2.04. The quantitative estimate of drug-likeness (QED) is 0.662. The number of ketones is 1. The van der Waals surface area contributed by atoms with Crippen LogP contribution in [0.5, 0.6) is 0 Å². The van der Waals surface area contributed by atoms with Crippen molar-refractivity contribution in [3.05, 3.63) is 29.6 Å². The number of carbonyl (C=O) groups is 1. The monoisotopic (exact) mass is 177 g/mol. The Hall–Kier alpha value is -1.18. The van der Waals surface area contributed by atoms with Crippen molar-refractivity contribution in [3.8, 4) is 0 Å². The van der Waals surface area contributed by atoms with Gasteiger partial charge in [-0.1, -0.05) is 26.3 Å². The average molecular weight is 177 g/mol. The van der Waals surface area contributed by atoms with Gasteiger partial charge in [0.2, 0.25) is 0 Å². The van der Waals surface area contributed by atoms with Crippen molar-refractivity contribution in [1.82, 2.24) is 4.98 Å². The van der Waals surface area contributed by atoms with E-state index in [-0.39, 0.29) is 5.78 Å². The van der Waals surface area contributed by atoms with Gasteiger partial charge in [-0.05, 0) is 18.1 Å². The molecule has 0 N–H and O–H groups in total. The van der Waals surface area contributed by atoms with Gasteiger partial charge in [-0.3, -0.25) is 9.78 Å². The molecule has 0 aliphatic carbocycles. The van der Waals surface area contributed by atoms with Gasteiger partial charge in [-0.25, -0.2) is 0 Å². The highest BCUT2D eigenvalue weighted by atomic mass is 16.1. The van der Waals surface area contributed by atoms with Gasteiger partial charge in [0.1, 0.15) is 5.69 Å². The zero-order valence-electron chi connectivity index (χ0n) is 8.21. The summed E-state index contributed by atoms with van der Waals surface area (Å²) in [5.74, 6) is 0.114. The van der Waals surface area contributed by atoms with E-state index in [1.165, 1.54) is 5.56 Å². The molecular weight excluding hydrogens is 162 g/mol. The maximum Gasteiger partial charge on any atom is 0.180 e. The van der Waals surface area contributed by atoms with Crippen molar-refractivity contribution in [1.29, 1.82) is 0 Å². The molecule has 0 bridgehead atoms. The van der Waals surface area contributed by atoms with Gasteiger partial charge < -0.3 is 0 Å². The second kappa shape index (κ2) is 4.75. The number of aryl methyl sites for hydroxylation is 1. The zero-order valence-corrected chi connectivity index (χ0v) is 8.21. The lowest BCUT2D eigenvalue weighted by molar-refractivity contribution is 0.0983. The van der Waals surface area contributed by atoms with E-state index in [4.69, 9.17) is 0 Å². The number of hydrogen-bond acceptors (Lipinski definition) is 2. The van der Waals surface area contributed by atoms with Crippen LogP contribution in [-0.4, -0.2) is 10.8 Å². The Morgan fingerprint density at radius 1 is 1.38 bits per heavy atom. The molecule has 0 aliphatic rings. The fourth-order valence-corrected chi connectivity index (χ4v) is 1.21. The van der Waals surface area contributed by atoms with Gasteiger partial charge in [-0.2, -0.15) is 0 Å². The molecule has 0 saturated heterocycles. The lowest BCUT2D eigenvalue weighted by Gasteiger charge is -1.99. The summed E-state index contributed by atoms with van der Waals surface area (Å²) in [4.78, 5) is 15.3. The first-order valence-corrected chi connectivity index (χ1v) is 4.76. The summed E-state index contributed by atoms with van der Waals surface area (Å²) in [6, 6.07) is 3.80. The van der Waals surface area contributed by atoms with E-state index in [1.807, 2.05) is 19.1 Å². The number of hydrogen-bond donors (Lipinski definition) is 0. The number of nitrogens with zero attached hydrogens (tertiary/aromatic N) is 1. The van der Waals surface area contributed by atoms with Crippen molar-refractivity contribution >= 4 is 5.78 Å². The van der Waals surface area contributed by atoms with Crippen LogP contribution in [0, 0.1) is 0 Å². The van der Waals surface area contributed by atoms with Crippen molar-refractivity contribution in [2.75, 3.05) is 0 Å². The third kappa shape index (κ3) is 2.65. The van der Waals surface area contributed by atoms with Crippen LogP contribution in [0.15, 0.2) is 18.3 Å². The van der Waals surface area contributed by atoms with Crippen LogP contribution in [-0.2, 0) is 6.42 Å². The molecule has 1 heterocycles. The first-order chi connectivity index (χ1) is 6.27. The molecule has 0 saturated carbocycles. The van der Waals surface area contributed by atoms with Crippen LogP contribution in [0.1, 0.15) is 42.7 Å². The molecule has 0 amide bonds. The van der Waals surface area contributed by atoms with Crippen LogP contribution in [0.3, 0.4) is 0 Å². The van der Waals surface area contributed by atoms with E-state index in [2.05, 4.69) is 11.9 Å².